The van der Waals surface area contributed by atoms with Crippen molar-refractivity contribution in [3.05, 3.63) is 29.8 Å². The number of carboxylic acid groups (broad SMARTS) is 1. The van der Waals surface area contributed by atoms with Crippen LogP contribution in [0.15, 0.2) is 24.3 Å². The predicted octanol–water partition coefficient (Wildman–Crippen LogP) is 1.16. The third-order valence-corrected chi connectivity index (χ3v) is 2.22. The maximum atomic E-state index is 10.6. The molecule has 5 nitrogen and oxygen atoms in total. The topological polar surface area (TPSA) is 76.0 Å². The molecule has 1 rings (SSSR count). The monoisotopic (exact) mass is 238 g/mol. The van der Waals surface area contributed by atoms with Crippen LogP contribution in [0.4, 0.5) is 0 Å². The van der Waals surface area contributed by atoms with E-state index in [1.807, 2.05) is 0 Å². The van der Waals surface area contributed by atoms with Crippen molar-refractivity contribution in [1.29, 1.82) is 0 Å². The lowest BCUT2D eigenvalue weighted by Crippen LogP contribution is -1.98. The van der Waals surface area contributed by atoms with E-state index < -0.39 is 5.97 Å². The second kappa shape index (κ2) is 5.91. The van der Waals surface area contributed by atoms with Crippen molar-refractivity contribution in [1.82, 2.24) is 0 Å². The van der Waals surface area contributed by atoms with Crippen LogP contribution in [0.1, 0.15) is 5.56 Å². The van der Waals surface area contributed by atoms with Crippen molar-refractivity contribution < 1.29 is 24.5 Å². The van der Waals surface area contributed by atoms with Gasteiger partial charge in [-0.3, -0.25) is 0 Å². The van der Waals surface area contributed by atoms with Crippen LogP contribution in [0.5, 0.6) is 11.5 Å². The highest BCUT2D eigenvalue weighted by atomic mass is 16.5. The second-order valence-corrected chi connectivity index (χ2v) is 3.24. The van der Waals surface area contributed by atoms with Crippen LogP contribution < -0.4 is 9.47 Å². The largest absolute Gasteiger partial charge is 0.493 e. The molecular weight excluding hydrogens is 224 g/mol. The molecule has 0 saturated carbocycles. The van der Waals surface area contributed by atoms with E-state index in [4.69, 9.17) is 19.7 Å². The fraction of sp³-hybridized carbons (Fsp3) is 0.250. The van der Waals surface area contributed by atoms with Crippen LogP contribution in [0.3, 0.4) is 0 Å². The lowest BCUT2D eigenvalue weighted by atomic mass is 10.1. The van der Waals surface area contributed by atoms with E-state index in [9.17, 15) is 4.79 Å². The van der Waals surface area contributed by atoms with Crippen molar-refractivity contribution in [3.8, 4) is 11.5 Å². The van der Waals surface area contributed by atoms with E-state index >= 15 is 0 Å². The molecule has 1 aromatic carbocycles. The summed E-state index contributed by atoms with van der Waals surface area (Å²) in [6.07, 6.45) is 0.960. The highest BCUT2D eigenvalue weighted by molar-refractivity contribution is 5.90. The number of methoxy groups -OCH3 is 2. The lowest BCUT2D eigenvalue weighted by molar-refractivity contribution is -0.131. The smallest absolute Gasteiger partial charge is 0.328 e. The van der Waals surface area contributed by atoms with Gasteiger partial charge >= 0.3 is 5.97 Å². The summed E-state index contributed by atoms with van der Waals surface area (Å²) in [6, 6.07) is 4.93. The normalized spacial score (nSPS) is 11.1. The molecule has 0 aromatic heterocycles. The Bertz CT molecular complexity index is 437. The molecule has 0 spiro atoms. The highest BCUT2D eigenvalue weighted by Gasteiger charge is 2.08. The zero-order valence-corrected chi connectivity index (χ0v) is 9.64. The van der Waals surface area contributed by atoms with Gasteiger partial charge in [-0.1, -0.05) is 6.07 Å². The molecule has 0 bridgehead atoms. The summed E-state index contributed by atoms with van der Waals surface area (Å²) in [6.45, 7) is -0.359. The van der Waals surface area contributed by atoms with Crippen LogP contribution in [0, 0.1) is 0 Å². The first-order valence-electron chi connectivity index (χ1n) is 4.89. The molecule has 0 saturated heterocycles. The summed E-state index contributed by atoms with van der Waals surface area (Å²) >= 11 is 0. The van der Waals surface area contributed by atoms with Gasteiger partial charge in [-0.15, -0.1) is 0 Å². The fourth-order valence-electron chi connectivity index (χ4n) is 1.41. The van der Waals surface area contributed by atoms with Gasteiger partial charge in [0.2, 0.25) is 0 Å². The predicted molar refractivity (Wildman–Crippen MR) is 62.2 cm³/mol. The van der Waals surface area contributed by atoms with Gasteiger partial charge in [0.25, 0.3) is 0 Å². The number of aliphatic carboxylic acids is 1. The van der Waals surface area contributed by atoms with E-state index in [1.54, 1.807) is 18.2 Å². The van der Waals surface area contributed by atoms with Crippen molar-refractivity contribution in [2.24, 2.45) is 0 Å². The summed E-state index contributed by atoms with van der Waals surface area (Å²) in [5.74, 6) is -0.0811. The zero-order chi connectivity index (χ0) is 12.8. The number of ether oxygens (including phenoxy) is 2. The molecule has 2 N–H and O–H groups in total. The van der Waals surface area contributed by atoms with Crippen molar-refractivity contribution in [2.75, 3.05) is 20.8 Å². The van der Waals surface area contributed by atoms with Gasteiger partial charge in [-0.25, -0.2) is 4.79 Å². The first-order valence-corrected chi connectivity index (χ1v) is 4.89. The number of hydrogen-bond donors (Lipinski definition) is 2. The van der Waals surface area contributed by atoms with Crippen molar-refractivity contribution >= 4 is 11.5 Å². The summed E-state index contributed by atoms with van der Waals surface area (Å²) in [7, 11) is 3.00. The molecule has 5 heteroatoms. The summed E-state index contributed by atoms with van der Waals surface area (Å²) in [4.78, 5) is 10.6. The Morgan fingerprint density at radius 1 is 1.29 bits per heavy atom. The minimum atomic E-state index is -1.11. The van der Waals surface area contributed by atoms with Crippen molar-refractivity contribution in [2.45, 2.75) is 0 Å². The second-order valence-electron chi connectivity index (χ2n) is 3.24. The van der Waals surface area contributed by atoms with Gasteiger partial charge in [0.05, 0.1) is 20.8 Å². The van der Waals surface area contributed by atoms with Gasteiger partial charge in [0.15, 0.2) is 11.5 Å². The number of carboxylic acids is 1. The summed E-state index contributed by atoms with van der Waals surface area (Å²) < 4.78 is 10.2. The molecule has 0 fully saturated rings. The maximum absolute atomic E-state index is 10.6. The molecule has 0 aliphatic rings. The Hall–Kier alpha value is -2.01. The fourth-order valence-corrected chi connectivity index (χ4v) is 1.41. The molecule has 0 radical (unpaired) electrons. The lowest BCUT2D eigenvalue weighted by Gasteiger charge is -2.10. The van der Waals surface area contributed by atoms with Crippen LogP contribution in [-0.4, -0.2) is 37.0 Å². The van der Waals surface area contributed by atoms with E-state index in [0.29, 0.717) is 22.6 Å². The Morgan fingerprint density at radius 2 is 1.94 bits per heavy atom. The van der Waals surface area contributed by atoms with Gasteiger partial charge in [0.1, 0.15) is 0 Å². The zero-order valence-electron chi connectivity index (χ0n) is 9.64. The SMILES string of the molecule is COc1ccc(/C(=C/C(=O)O)CO)cc1OC. The quantitative estimate of drug-likeness (QED) is 0.753. The van der Waals surface area contributed by atoms with Gasteiger partial charge in [-0.2, -0.15) is 0 Å². The molecule has 0 unspecified atom stereocenters. The molecule has 0 heterocycles. The number of aliphatic hydroxyl groups is 1. The third-order valence-electron chi connectivity index (χ3n) is 2.22. The van der Waals surface area contributed by atoms with E-state index in [1.165, 1.54) is 14.2 Å². The molecule has 0 atom stereocenters. The first-order chi connectivity index (χ1) is 8.12. The number of rotatable bonds is 5. The Morgan fingerprint density at radius 3 is 2.41 bits per heavy atom. The van der Waals surface area contributed by atoms with E-state index in [2.05, 4.69) is 0 Å². The summed E-state index contributed by atoms with van der Waals surface area (Å²) in [5, 5.41) is 17.8. The van der Waals surface area contributed by atoms with E-state index in [-0.39, 0.29) is 6.61 Å². The van der Waals surface area contributed by atoms with Crippen molar-refractivity contribution in [3.63, 3.8) is 0 Å². The molecule has 17 heavy (non-hydrogen) atoms. The standard InChI is InChI=1S/C12H14O5/c1-16-10-4-3-8(5-11(10)17-2)9(7-13)6-12(14)15/h3-6,13H,7H2,1-2H3,(H,14,15)/b9-6+. The van der Waals surface area contributed by atoms with Crippen LogP contribution in [0.2, 0.25) is 0 Å². The number of carbonyl (C=O) groups is 1. The minimum Gasteiger partial charge on any atom is -0.493 e. The highest BCUT2D eigenvalue weighted by Crippen LogP contribution is 2.30. The first kappa shape index (κ1) is 13.1. The third kappa shape index (κ3) is 3.22. The van der Waals surface area contributed by atoms with Crippen LogP contribution in [-0.2, 0) is 4.79 Å². The average molecular weight is 238 g/mol. The van der Waals surface area contributed by atoms with Gasteiger partial charge in [-0.05, 0) is 23.3 Å². The summed E-state index contributed by atoms with van der Waals surface area (Å²) in [5.41, 5.74) is 0.881. The molecule has 0 amide bonds. The molecular formula is C12H14O5. The number of hydrogen-bond acceptors (Lipinski definition) is 4. The molecule has 92 valence electrons. The van der Waals surface area contributed by atoms with Crippen LogP contribution >= 0.6 is 0 Å². The van der Waals surface area contributed by atoms with E-state index in [0.717, 1.165) is 6.08 Å². The molecule has 0 aliphatic carbocycles. The number of benzene rings is 1. The Kier molecular flexibility index (Phi) is 4.54. The van der Waals surface area contributed by atoms with Gasteiger partial charge < -0.3 is 19.7 Å². The Labute approximate surface area is 98.9 Å². The minimum absolute atomic E-state index is 0.304. The maximum Gasteiger partial charge on any atom is 0.328 e. The molecule has 0 aliphatic heterocycles. The Balaban J connectivity index is 3.18. The average Bonchev–Trinajstić information content (AvgIpc) is 2.34. The van der Waals surface area contributed by atoms with Gasteiger partial charge in [0, 0.05) is 6.08 Å². The number of aliphatic hydroxyl groups excluding tert-OH is 1. The molecule has 1 aromatic rings. The van der Waals surface area contributed by atoms with Crippen LogP contribution in [0.25, 0.3) is 5.57 Å².